The third kappa shape index (κ3) is 4.89. The van der Waals surface area contributed by atoms with Gasteiger partial charge in [-0.05, 0) is 69.2 Å². The van der Waals surface area contributed by atoms with Crippen molar-refractivity contribution in [2.45, 2.75) is 50.6 Å². The van der Waals surface area contributed by atoms with Crippen molar-refractivity contribution >= 4 is 5.91 Å². The van der Waals surface area contributed by atoms with Crippen molar-refractivity contribution < 1.29 is 9.53 Å². The Bertz CT molecular complexity index is 616. The van der Waals surface area contributed by atoms with Crippen molar-refractivity contribution in [3.05, 3.63) is 35.4 Å². The molecular weight excluding hydrogens is 338 g/mol. The topological polar surface area (TPSA) is 53.6 Å². The molecule has 148 valence electrons. The lowest BCUT2D eigenvalue weighted by atomic mass is 9.94. The molecule has 0 spiro atoms. The van der Waals surface area contributed by atoms with Gasteiger partial charge in [-0.1, -0.05) is 18.2 Å². The summed E-state index contributed by atoms with van der Waals surface area (Å²) in [6, 6.07) is 9.14. The van der Waals surface area contributed by atoms with Gasteiger partial charge >= 0.3 is 0 Å². The Balaban J connectivity index is 1.30. The van der Waals surface area contributed by atoms with Crippen LogP contribution in [0.2, 0.25) is 0 Å². The van der Waals surface area contributed by atoms with E-state index >= 15 is 0 Å². The molecule has 0 bridgehead atoms. The lowest BCUT2D eigenvalue weighted by Crippen LogP contribution is -2.49. The van der Waals surface area contributed by atoms with Crippen LogP contribution >= 0.6 is 0 Å². The van der Waals surface area contributed by atoms with Gasteiger partial charge in [0.1, 0.15) is 0 Å². The number of nitrogens with zero attached hydrogens (tertiary/aromatic N) is 1. The second-order valence-corrected chi connectivity index (χ2v) is 8.35. The number of amides is 1. The van der Waals surface area contributed by atoms with E-state index in [-0.39, 0.29) is 5.91 Å². The molecule has 3 saturated heterocycles. The van der Waals surface area contributed by atoms with Crippen molar-refractivity contribution in [1.82, 2.24) is 15.5 Å². The van der Waals surface area contributed by atoms with Crippen LogP contribution < -0.4 is 10.6 Å². The molecule has 0 aliphatic carbocycles. The van der Waals surface area contributed by atoms with Crippen LogP contribution in [0.15, 0.2) is 24.3 Å². The number of rotatable bonds is 5. The average molecular weight is 372 g/mol. The Morgan fingerprint density at radius 3 is 2.63 bits per heavy atom. The molecule has 3 heterocycles. The Hall–Kier alpha value is -1.43. The normalized spacial score (nSPS) is 25.6. The standard InChI is InChI=1S/C22H33N3O2/c26-22(21-4-2-1-3-18(21)15-17-5-10-23-16-17)24-19-6-11-25(12-7-19)20-8-13-27-14-9-20/h1-4,17,19-20,23H,5-16H2,(H,24,26). The lowest BCUT2D eigenvalue weighted by molar-refractivity contribution is 0.0238. The molecule has 0 radical (unpaired) electrons. The molecular formula is C22H33N3O2. The molecule has 3 fully saturated rings. The number of carbonyl (C=O) groups excluding carboxylic acids is 1. The van der Waals surface area contributed by atoms with Gasteiger partial charge in [0.2, 0.25) is 0 Å². The van der Waals surface area contributed by atoms with Gasteiger partial charge in [0.05, 0.1) is 0 Å². The van der Waals surface area contributed by atoms with E-state index in [1.54, 1.807) is 0 Å². The molecule has 1 unspecified atom stereocenters. The van der Waals surface area contributed by atoms with Crippen LogP contribution in [0.1, 0.15) is 48.0 Å². The largest absolute Gasteiger partial charge is 0.381 e. The van der Waals surface area contributed by atoms with E-state index in [4.69, 9.17) is 4.74 Å². The number of benzene rings is 1. The quantitative estimate of drug-likeness (QED) is 0.833. The molecule has 5 heteroatoms. The summed E-state index contributed by atoms with van der Waals surface area (Å²) in [5.41, 5.74) is 2.07. The van der Waals surface area contributed by atoms with Crippen LogP contribution in [0, 0.1) is 5.92 Å². The number of nitrogens with one attached hydrogen (secondary N) is 2. The van der Waals surface area contributed by atoms with E-state index in [1.807, 2.05) is 12.1 Å². The van der Waals surface area contributed by atoms with E-state index in [9.17, 15) is 4.79 Å². The maximum atomic E-state index is 12.9. The molecule has 27 heavy (non-hydrogen) atoms. The second-order valence-electron chi connectivity index (χ2n) is 8.35. The third-order valence-corrected chi connectivity index (χ3v) is 6.50. The van der Waals surface area contributed by atoms with Crippen LogP contribution in [0.4, 0.5) is 0 Å². The number of carbonyl (C=O) groups is 1. The first kappa shape index (κ1) is 18.9. The SMILES string of the molecule is O=C(NC1CCN(C2CCOCC2)CC1)c1ccccc1CC1CCNC1. The summed E-state index contributed by atoms with van der Waals surface area (Å²) < 4.78 is 5.48. The Labute approximate surface area is 162 Å². The van der Waals surface area contributed by atoms with Crippen LogP contribution in [0.25, 0.3) is 0 Å². The zero-order valence-electron chi connectivity index (χ0n) is 16.3. The van der Waals surface area contributed by atoms with Crippen molar-refractivity contribution in [3.63, 3.8) is 0 Å². The fourth-order valence-corrected chi connectivity index (χ4v) is 4.84. The Kier molecular flexibility index (Phi) is 6.43. The number of ether oxygens (including phenoxy) is 1. The molecule has 5 nitrogen and oxygen atoms in total. The molecule has 0 saturated carbocycles. The van der Waals surface area contributed by atoms with Crippen LogP contribution in [0.3, 0.4) is 0 Å². The van der Waals surface area contributed by atoms with Crippen LogP contribution in [-0.4, -0.2) is 62.3 Å². The summed E-state index contributed by atoms with van der Waals surface area (Å²) in [6.45, 7) is 6.14. The first-order valence-electron chi connectivity index (χ1n) is 10.7. The third-order valence-electron chi connectivity index (χ3n) is 6.50. The fourth-order valence-electron chi connectivity index (χ4n) is 4.84. The Morgan fingerprint density at radius 2 is 1.89 bits per heavy atom. The van der Waals surface area contributed by atoms with Gasteiger partial charge in [-0.2, -0.15) is 0 Å². The smallest absolute Gasteiger partial charge is 0.251 e. The first-order valence-corrected chi connectivity index (χ1v) is 10.7. The zero-order valence-corrected chi connectivity index (χ0v) is 16.3. The highest BCUT2D eigenvalue weighted by Gasteiger charge is 2.27. The summed E-state index contributed by atoms with van der Waals surface area (Å²) in [4.78, 5) is 15.5. The first-order chi connectivity index (χ1) is 13.3. The highest BCUT2D eigenvalue weighted by atomic mass is 16.5. The number of hydrogen-bond donors (Lipinski definition) is 2. The molecule has 3 aliphatic heterocycles. The van der Waals surface area contributed by atoms with Crippen molar-refractivity contribution in [1.29, 1.82) is 0 Å². The van der Waals surface area contributed by atoms with E-state index in [0.717, 1.165) is 77.1 Å². The number of likely N-dealkylation sites (tertiary alicyclic amines) is 1. The maximum absolute atomic E-state index is 12.9. The van der Waals surface area contributed by atoms with Gasteiger partial charge in [0, 0.05) is 44.0 Å². The maximum Gasteiger partial charge on any atom is 0.251 e. The molecule has 2 N–H and O–H groups in total. The summed E-state index contributed by atoms with van der Waals surface area (Å²) in [7, 11) is 0. The van der Waals surface area contributed by atoms with Crippen LogP contribution in [0.5, 0.6) is 0 Å². The number of hydrogen-bond acceptors (Lipinski definition) is 4. The highest BCUT2D eigenvalue weighted by molar-refractivity contribution is 5.95. The Morgan fingerprint density at radius 1 is 1.11 bits per heavy atom. The summed E-state index contributed by atoms with van der Waals surface area (Å²) in [6.07, 6.45) is 6.62. The van der Waals surface area contributed by atoms with Crippen molar-refractivity contribution in [2.24, 2.45) is 5.92 Å². The number of piperidine rings is 1. The van der Waals surface area contributed by atoms with Gasteiger partial charge in [0.15, 0.2) is 0 Å². The summed E-state index contributed by atoms with van der Waals surface area (Å²) in [5, 5.41) is 6.74. The van der Waals surface area contributed by atoms with Crippen LogP contribution in [-0.2, 0) is 11.2 Å². The molecule has 1 aromatic carbocycles. The fraction of sp³-hybridized carbons (Fsp3) is 0.682. The average Bonchev–Trinajstić information content (AvgIpc) is 3.23. The van der Waals surface area contributed by atoms with E-state index in [0.29, 0.717) is 18.0 Å². The monoisotopic (exact) mass is 371 g/mol. The van der Waals surface area contributed by atoms with Crippen molar-refractivity contribution in [2.75, 3.05) is 39.4 Å². The van der Waals surface area contributed by atoms with Gasteiger partial charge < -0.3 is 20.3 Å². The van der Waals surface area contributed by atoms with Gasteiger partial charge in [0.25, 0.3) is 5.91 Å². The molecule has 1 aromatic rings. The van der Waals surface area contributed by atoms with E-state index in [2.05, 4.69) is 27.7 Å². The van der Waals surface area contributed by atoms with Gasteiger partial charge in [-0.25, -0.2) is 0 Å². The molecule has 4 rings (SSSR count). The summed E-state index contributed by atoms with van der Waals surface area (Å²) in [5.74, 6) is 0.766. The minimum absolute atomic E-state index is 0.112. The highest BCUT2D eigenvalue weighted by Crippen LogP contribution is 2.22. The van der Waals surface area contributed by atoms with Gasteiger partial charge in [-0.15, -0.1) is 0 Å². The lowest BCUT2D eigenvalue weighted by Gasteiger charge is -2.39. The van der Waals surface area contributed by atoms with E-state index < -0.39 is 0 Å². The van der Waals surface area contributed by atoms with Gasteiger partial charge in [-0.3, -0.25) is 4.79 Å². The minimum Gasteiger partial charge on any atom is -0.381 e. The zero-order chi connectivity index (χ0) is 18.5. The predicted octanol–water partition coefficient (Wildman–Crippen LogP) is 2.21. The molecule has 1 amide bonds. The minimum atomic E-state index is 0.112. The molecule has 0 aromatic heterocycles. The predicted molar refractivity (Wildman–Crippen MR) is 107 cm³/mol. The molecule has 1 atom stereocenters. The second kappa shape index (κ2) is 9.18. The summed E-state index contributed by atoms with van der Waals surface area (Å²) >= 11 is 0. The van der Waals surface area contributed by atoms with E-state index in [1.165, 1.54) is 12.0 Å². The van der Waals surface area contributed by atoms with Crippen molar-refractivity contribution in [3.8, 4) is 0 Å². The molecule has 3 aliphatic rings.